The summed E-state index contributed by atoms with van der Waals surface area (Å²) in [6.07, 6.45) is 19.0. The fourth-order valence-electron chi connectivity index (χ4n) is 11.6. The molecule has 2 aromatic carbocycles. The second-order valence-electron chi connectivity index (χ2n) is 16.3. The molecule has 4 unspecified atom stereocenters. The van der Waals surface area contributed by atoms with Crippen LogP contribution in [-0.2, 0) is 17.7 Å². The van der Waals surface area contributed by atoms with E-state index in [1.165, 1.54) is 48.4 Å². The predicted molar refractivity (Wildman–Crippen MR) is 178 cm³/mol. The summed E-state index contributed by atoms with van der Waals surface area (Å²) in [5.41, 5.74) is 3.68. The molecule has 5 heteroatoms. The molecular formula is C40H54N3O2+. The average Bonchev–Trinajstić information content (AvgIpc) is 3.73. The first-order valence-electron chi connectivity index (χ1n) is 18.2. The highest BCUT2D eigenvalue weighted by molar-refractivity contribution is 5.85. The zero-order valence-electron chi connectivity index (χ0n) is 27.9. The molecule has 240 valence electrons. The standard InChI is InChI=1S/C40H54N3O2/c1-26(43-23-22-42(41-43)21-18-29-10-7-9-28-8-5-6-11-32(28)29)12-15-36-27(2)38-37(45-36)25-35-33-14-13-30-24-31(44)16-19-39(30,3)34(33)17-20-40(35,38)4/h5-11,13,22-23,26-27,31,33-38,44H,12,14-21,24-25H2,1-4H3/q+1/t26-,27?,31?,33-,34+,35+,36-,37?,38?,39+,40+/m1/s1. The van der Waals surface area contributed by atoms with E-state index in [4.69, 9.17) is 9.95 Å². The molecule has 3 aromatic rings. The van der Waals surface area contributed by atoms with Crippen LogP contribution in [0.1, 0.15) is 97.1 Å². The van der Waals surface area contributed by atoms with Gasteiger partial charge in [-0.15, -0.1) is 9.36 Å². The van der Waals surface area contributed by atoms with Crippen molar-refractivity contribution in [1.29, 1.82) is 0 Å². The lowest BCUT2D eigenvalue weighted by Crippen LogP contribution is -2.51. The van der Waals surface area contributed by atoms with Gasteiger partial charge < -0.3 is 9.84 Å². The van der Waals surface area contributed by atoms with Crippen LogP contribution in [0.3, 0.4) is 0 Å². The molecule has 45 heavy (non-hydrogen) atoms. The molecule has 0 bridgehead atoms. The van der Waals surface area contributed by atoms with Gasteiger partial charge in [-0.05, 0) is 121 Å². The van der Waals surface area contributed by atoms with Gasteiger partial charge in [0.2, 0.25) is 0 Å². The van der Waals surface area contributed by atoms with Gasteiger partial charge in [0.25, 0.3) is 0 Å². The Morgan fingerprint density at radius 3 is 2.82 bits per heavy atom. The number of rotatable bonds is 7. The number of aromatic nitrogens is 3. The molecule has 1 N–H and O–H groups in total. The maximum absolute atomic E-state index is 10.4. The van der Waals surface area contributed by atoms with Gasteiger partial charge in [0, 0.05) is 6.42 Å². The Kier molecular flexibility index (Phi) is 7.52. The van der Waals surface area contributed by atoms with E-state index in [1.54, 1.807) is 5.57 Å². The molecule has 1 aliphatic heterocycles. The van der Waals surface area contributed by atoms with Crippen LogP contribution in [0.25, 0.3) is 10.8 Å². The van der Waals surface area contributed by atoms with Crippen LogP contribution in [-0.4, -0.2) is 33.3 Å². The normalized spacial score (nSPS) is 39.5. The van der Waals surface area contributed by atoms with Crippen molar-refractivity contribution in [2.45, 2.75) is 123 Å². The van der Waals surface area contributed by atoms with E-state index < -0.39 is 0 Å². The summed E-state index contributed by atoms with van der Waals surface area (Å²) in [7, 11) is 0. The molecule has 0 radical (unpaired) electrons. The van der Waals surface area contributed by atoms with E-state index in [-0.39, 0.29) is 6.10 Å². The SMILES string of the molecule is CC1C2C(C[C@H]3[C@@H]4CC=C5CC(O)CC[C@]5(C)[C@H]4CC[C@]23C)O[C@@H]1CC[C@@H](C)n1cc[n+](CCc2cccc3ccccc23)n1. The minimum Gasteiger partial charge on any atom is -0.393 e. The van der Waals surface area contributed by atoms with Crippen LogP contribution in [0.5, 0.6) is 0 Å². The van der Waals surface area contributed by atoms with Crippen molar-refractivity contribution < 1.29 is 14.5 Å². The van der Waals surface area contributed by atoms with E-state index in [1.807, 2.05) is 0 Å². The Bertz CT molecular complexity index is 1570. The van der Waals surface area contributed by atoms with Gasteiger partial charge in [0.15, 0.2) is 12.4 Å². The molecule has 0 spiro atoms. The maximum Gasteiger partial charge on any atom is 0.155 e. The third kappa shape index (κ3) is 4.94. The number of aliphatic hydroxyl groups is 1. The minimum absolute atomic E-state index is 0.121. The maximum atomic E-state index is 10.4. The Morgan fingerprint density at radius 1 is 1.09 bits per heavy atom. The second kappa shape index (κ2) is 11.3. The molecule has 8 rings (SSSR count). The summed E-state index contributed by atoms with van der Waals surface area (Å²) in [4.78, 5) is 0. The summed E-state index contributed by atoms with van der Waals surface area (Å²) >= 11 is 0. The number of ether oxygens (including phenoxy) is 1. The molecule has 3 saturated carbocycles. The summed E-state index contributed by atoms with van der Waals surface area (Å²) in [6, 6.07) is 15.6. The van der Waals surface area contributed by atoms with Crippen molar-refractivity contribution in [2.75, 3.05) is 0 Å². The molecule has 5 nitrogen and oxygen atoms in total. The molecule has 5 aliphatic rings. The number of fused-ring (bicyclic) bond motifs is 8. The van der Waals surface area contributed by atoms with Crippen LogP contribution in [0, 0.1) is 40.4 Å². The van der Waals surface area contributed by atoms with Crippen molar-refractivity contribution >= 4 is 10.8 Å². The van der Waals surface area contributed by atoms with Gasteiger partial charge >= 0.3 is 0 Å². The third-order valence-corrected chi connectivity index (χ3v) is 14.1. The fourth-order valence-corrected chi connectivity index (χ4v) is 11.6. The van der Waals surface area contributed by atoms with Gasteiger partial charge in [0.1, 0.15) is 12.6 Å². The van der Waals surface area contributed by atoms with E-state index in [2.05, 4.69) is 98.0 Å². The van der Waals surface area contributed by atoms with E-state index >= 15 is 0 Å². The monoisotopic (exact) mass is 608 g/mol. The number of allylic oxidation sites excluding steroid dienone is 1. The lowest BCUT2D eigenvalue weighted by molar-refractivity contribution is -0.755. The quantitative estimate of drug-likeness (QED) is 0.219. The van der Waals surface area contributed by atoms with Gasteiger partial charge in [-0.2, -0.15) is 0 Å². The van der Waals surface area contributed by atoms with Crippen molar-refractivity contribution in [3.63, 3.8) is 0 Å². The van der Waals surface area contributed by atoms with E-state index in [9.17, 15) is 5.11 Å². The topological polar surface area (TPSA) is 51.2 Å². The minimum atomic E-state index is -0.121. The number of aliphatic hydroxyl groups excluding tert-OH is 1. The summed E-state index contributed by atoms with van der Waals surface area (Å²) in [5, 5.41) is 18.0. The van der Waals surface area contributed by atoms with E-state index in [0.29, 0.717) is 40.9 Å². The molecule has 4 fully saturated rings. The zero-order chi connectivity index (χ0) is 30.9. The second-order valence-corrected chi connectivity index (χ2v) is 16.3. The number of hydrogen-bond donors (Lipinski definition) is 1. The number of nitrogens with zero attached hydrogens (tertiary/aromatic N) is 3. The molecule has 1 aromatic heterocycles. The lowest BCUT2D eigenvalue weighted by atomic mass is 9.47. The van der Waals surface area contributed by atoms with E-state index in [0.717, 1.165) is 56.4 Å². The van der Waals surface area contributed by atoms with Gasteiger partial charge in [-0.3, -0.25) is 0 Å². The predicted octanol–water partition coefficient (Wildman–Crippen LogP) is 7.86. The highest BCUT2D eigenvalue weighted by Gasteiger charge is 2.64. The largest absolute Gasteiger partial charge is 0.393 e. The van der Waals surface area contributed by atoms with Gasteiger partial charge in [-0.1, -0.05) is 74.9 Å². The Hall–Kier alpha value is -2.50. The number of aryl methyl sites for hydroxylation is 2. The number of hydrogen-bond acceptors (Lipinski definition) is 3. The van der Waals surface area contributed by atoms with Crippen LogP contribution in [0.2, 0.25) is 0 Å². The molecule has 4 aliphatic carbocycles. The molecule has 1 saturated heterocycles. The van der Waals surface area contributed by atoms with Crippen LogP contribution in [0.4, 0.5) is 0 Å². The zero-order valence-corrected chi connectivity index (χ0v) is 27.9. The first-order chi connectivity index (χ1) is 21.7. The van der Waals surface area contributed by atoms with Crippen molar-refractivity contribution in [3.8, 4) is 0 Å². The Labute approximate surface area is 270 Å². The highest BCUT2D eigenvalue weighted by atomic mass is 16.5. The van der Waals surface area contributed by atoms with Crippen LogP contribution >= 0.6 is 0 Å². The van der Waals surface area contributed by atoms with Gasteiger partial charge in [0.05, 0.1) is 23.5 Å². The van der Waals surface area contributed by atoms with Crippen molar-refractivity contribution in [2.24, 2.45) is 40.4 Å². The summed E-state index contributed by atoms with van der Waals surface area (Å²) in [6.45, 7) is 10.9. The lowest BCUT2D eigenvalue weighted by Gasteiger charge is -2.58. The average molecular weight is 609 g/mol. The third-order valence-electron chi connectivity index (χ3n) is 14.1. The molecule has 2 heterocycles. The smallest absolute Gasteiger partial charge is 0.155 e. The first kappa shape index (κ1) is 29.9. The van der Waals surface area contributed by atoms with Crippen LogP contribution in [0.15, 0.2) is 66.5 Å². The Balaban J connectivity index is 0.884. The highest BCUT2D eigenvalue weighted by Crippen LogP contribution is 2.69. The van der Waals surface area contributed by atoms with Crippen molar-refractivity contribution in [1.82, 2.24) is 9.90 Å². The summed E-state index contributed by atoms with van der Waals surface area (Å²) in [5.74, 6) is 3.67. The molecular weight excluding hydrogens is 554 g/mol. The molecule has 0 amide bonds. The van der Waals surface area contributed by atoms with Crippen LogP contribution < -0.4 is 4.68 Å². The van der Waals surface area contributed by atoms with Gasteiger partial charge in [-0.25, -0.2) is 0 Å². The molecule has 11 atom stereocenters. The summed E-state index contributed by atoms with van der Waals surface area (Å²) < 4.78 is 11.3. The fraction of sp³-hybridized carbons (Fsp3) is 0.650. The first-order valence-corrected chi connectivity index (χ1v) is 18.2. The number of benzene rings is 2. The Morgan fingerprint density at radius 2 is 1.93 bits per heavy atom. The van der Waals surface area contributed by atoms with Crippen molar-refractivity contribution in [3.05, 3.63) is 72.1 Å².